The SMILES string of the molecule is C=NC(C)=N/C=C(\C)c1cc2c(C(C)=O)nn(CC(=O)N3[C@H]4C[C@]5(C[C@@H]35)Cn3cc(cn3)C(=C)COCc3ccc(Br)nc3NC4=O)c2cn1. The first-order chi connectivity index (χ1) is 24.0. The molecule has 4 aromatic heterocycles. The number of allylic oxidation sites excluding steroid dienone is 1. The minimum atomic E-state index is -0.772. The number of carbonyl (C=O) groups is 3. The first-order valence-electron chi connectivity index (χ1n) is 16.1. The highest BCUT2D eigenvalue weighted by molar-refractivity contribution is 9.10. The number of ketones is 1. The smallest absolute Gasteiger partial charge is 0.248 e. The number of rotatable bonds is 5. The number of fused-ring (bicyclic) bond motifs is 5. The second-order valence-electron chi connectivity index (χ2n) is 13.1. The zero-order chi connectivity index (χ0) is 35.3. The standard InChI is InChI=1S/C35H35BrN10O4/c1-19(11-38-22(4)37-5)26-8-25-28(13-39-26)45(43-32(25)21(3)47)15-31(48)46-27-9-35(10-29(35)46)18-44-14-24(12-40-44)20(2)16-50-17-23-6-7-30(36)41-33(23)42-34(27)49/h6-8,11-14,27,29H,2,5,9-10,15-18H2,1,3-4H3,(H,41,42,49)/b19-11+,38-22?/t27-,29+,35-/m0/s1. The number of aromatic nitrogens is 6. The predicted molar refractivity (Wildman–Crippen MR) is 191 cm³/mol. The van der Waals surface area contributed by atoms with E-state index in [-0.39, 0.29) is 54.5 Å². The molecule has 1 N–H and O–H groups in total. The lowest BCUT2D eigenvalue weighted by Gasteiger charge is -2.27. The Kier molecular flexibility index (Phi) is 8.64. The first-order valence-corrected chi connectivity index (χ1v) is 16.9. The second kappa shape index (κ2) is 12.9. The van der Waals surface area contributed by atoms with E-state index in [4.69, 9.17) is 4.74 Å². The zero-order valence-electron chi connectivity index (χ0n) is 27.9. The van der Waals surface area contributed by atoms with Gasteiger partial charge in [0.15, 0.2) is 5.78 Å². The fraction of sp³-hybridized carbons (Fsp3) is 0.343. The molecule has 1 aliphatic carbocycles. The molecule has 50 heavy (non-hydrogen) atoms. The number of hydrogen-bond acceptors (Lipinski definition) is 9. The van der Waals surface area contributed by atoms with Crippen molar-refractivity contribution in [1.29, 1.82) is 0 Å². The van der Waals surface area contributed by atoms with Crippen LogP contribution in [0.2, 0.25) is 0 Å². The quantitative estimate of drug-likeness (QED) is 0.133. The van der Waals surface area contributed by atoms with Crippen molar-refractivity contribution >= 4 is 73.9 Å². The molecule has 14 nitrogen and oxygen atoms in total. The summed E-state index contributed by atoms with van der Waals surface area (Å²) in [6.45, 7) is 13.5. The van der Waals surface area contributed by atoms with E-state index in [1.807, 2.05) is 23.9 Å². The van der Waals surface area contributed by atoms with Crippen molar-refractivity contribution in [3.05, 3.63) is 76.7 Å². The number of pyridine rings is 2. The molecule has 7 rings (SSSR count). The summed E-state index contributed by atoms with van der Waals surface area (Å²) in [6, 6.07) is 4.43. The summed E-state index contributed by atoms with van der Waals surface area (Å²) >= 11 is 3.41. The number of carbonyl (C=O) groups excluding carboxylic acids is 3. The van der Waals surface area contributed by atoms with E-state index in [0.29, 0.717) is 51.4 Å². The van der Waals surface area contributed by atoms with Crippen LogP contribution in [-0.2, 0) is 34.0 Å². The van der Waals surface area contributed by atoms with Crippen molar-refractivity contribution in [2.24, 2.45) is 15.4 Å². The van der Waals surface area contributed by atoms with Crippen LogP contribution in [0.1, 0.15) is 60.9 Å². The number of hydrogen-bond donors (Lipinski definition) is 1. The highest BCUT2D eigenvalue weighted by Gasteiger charge is 2.67. The molecule has 6 heterocycles. The minimum absolute atomic E-state index is 0.187. The van der Waals surface area contributed by atoms with Crippen molar-refractivity contribution < 1.29 is 19.1 Å². The lowest BCUT2D eigenvalue weighted by atomic mass is 9.99. The fourth-order valence-electron chi connectivity index (χ4n) is 6.83. The van der Waals surface area contributed by atoms with E-state index in [2.05, 4.69) is 64.7 Å². The molecular formula is C35H35BrN10O4. The third-order valence-electron chi connectivity index (χ3n) is 9.58. The van der Waals surface area contributed by atoms with Gasteiger partial charge in [0, 0.05) is 53.8 Å². The van der Waals surface area contributed by atoms with Gasteiger partial charge in [0.1, 0.15) is 34.5 Å². The van der Waals surface area contributed by atoms with Crippen molar-refractivity contribution in [1.82, 2.24) is 34.4 Å². The highest BCUT2D eigenvalue weighted by atomic mass is 79.9. The van der Waals surface area contributed by atoms with Gasteiger partial charge in [0.05, 0.1) is 36.8 Å². The van der Waals surface area contributed by atoms with E-state index in [9.17, 15) is 14.4 Å². The van der Waals surface area contributed by atoms with E-state index in [1.54, 1.807) is 42.6 Å². The summed E-state index contributed by atoms with van der Waals surface area (Å²) in [5, 5.41) is 12.7. The van der Waals surface area contributed by atoms with E-state index in [0.717, 1.165) is 23.1 Å². The number of amides is 2. The van der Waals surface area contributed by atoms with E-state index in [1.165, 1.54) is 11.6 Å². The van der Waals surface area contributed by atoms with Crippen molar-refractivity contribution in [2.75, 3.05) is 11.9 Å². The number of likely N-dealkylation sites (tertiary alicyclic amines) is 1. The number of nitrogens with zero attached hydrogens (tertiary/aromatic N) is 9. The molecular weight excluding hydrogens is 704 g/mol. The molecule has 1 spiro atoms. The third kappa shape index (κ3) is 6.22. The van der Waals surface area contributed by atoms with Crippen molar-refractivity contribution in [3.63, 3.8) is 0 Å². The minimum Gasteiger partial charge on any atom is -0.372 e. The summed E-state index contributed by atoms with van der Waals surface area (Å²) in [4.78, 5) is 60.0. The molecule has 0 aromatic carbocycles. The summed E-state index contributed by atoms with van der Waals surface area (Å²) in [7, 11) is 0. The summed E-state index contributed by atoms with van der Waals surface area (Å²) in [5.74, 6) is -0.0241. The van der Waals surface area contributed by atoms with Crippen LogP contribution in [0.3, 0.4) is 0 Å². The molecule has 2 amide bonds. The number of anilines is 1. The van der Waals surface area contributed by atoms with Crippen LogP contribution < -0.4 is 5.32 Å². The Hall–Kier alpha value is -5.15. The lowest BCUT2D eigenvalue weighted by Crippen LogP contribution is -2.47. The van der Waals surface area contributed by atoms with Crippen LogP contribution >= 0.6 is 15.9 Å². The maximum absolute atomic E-state index is 14.3. The van der Waals surface area contributed by atoms with Gasteiger partial charge in [0.25, 0.3) is 0 Å². The molecule has 0 unspecified atom stereocenters. The average molecular weight is 740 g/mol. The average Bonchev–Trinajstić information content (AvgIpc) is 3.38. The van der Waals surface area contributed by atoms with Gasteiger partial charge in [-0.25, -0.2) is 15.0 Å². The normalized spacial score (nSPS) is 22.4. The molecule has 1 saturated heterocycles. The van der Waals surface area contributed by atoms with Gasteiger partial charge < -0.3 is 15.0 Å². The Morgan fingerprint density at radius 3 is 2.80 bits per heavy atom. The fourth-order valence-corrected chi connectivity index (χ4v) is 7.14. The molecule has 0 radical (unpaired) electrons. The van der Waals surface area contributed by atoms with Crippen LogP contribution in [0, 0.1) is 5.41 Å². The number of amidine groups is 1. The Labute approximate surface area is 296 Å². The number of nitrogens with one attached hydrogen (secondary N) is 1. The first kappa shape index (κ1) is 33.4. The molecule has 256 valence electrons. The molecule has 3 atom stereocenters. The maximum Gasteiger partial charge on any atom is 0.248 e. The van der Waals surface area contributed by atoms with Crippen LogP contribution in [0.15, 0.2) is 64.2 Å². The zero-order valence-corrected chi connectivity index (χ0v) is 29.5. The monoisotopic (exact) mass is 738 g/mol. The van der Waals surface area contributed by atoms with E-state index < -0.39 is 6.04 Å². The number of Topliss-reactive ketones (excluding diaryl/α,β-unsaturated/α-hetero) is 1. The lowest BCUT2D eigenvalue weighted by molar-refractivity contribution is -0.138. The van der Waals surface area contributed by atoms with Gasteiger partial charge in [-0.2, -0.15) is 10.2 Å². The third-order valence-corrected chi connectivity index (χ3v) is 10.0. The highest BCUT2D eigenvalue weighted by Crippen LogP contribution is 2.60. The molecule has 15 heteroatoms. The molecule has 2 fully saturated rings. The number of halogens is 1. The van der Waals surface area contributed by atoms with Crippen molar-refractivity contribution in [3.8, 4) is 0 Å². The molecule has 1 saturated carbocycles. The number of ether oxygens (including phenoxy) is 1. The van der Waals surface area contributed by atoms with Gasteiger partial charge in [-0.05, 0) is 72.6 Å². The Balaban J connectivity index is 1.22. The Bertz CT molecular complexity index is 2170. The Morgan fingerprint density at radius 1 is 1.20 bits per heavy atom. The number of aliphatic imine (C=N–C) groups is 2. The second-order valence-corrected chi connectivity index (χ2v) is 13.9. The van der Waals surface area contributed by atoms with Crippen LogP contribution in [-0.4, -0.2) is 83.3 Å². The molecule has 4 bridgehead atoms. The molecule has 4 aromatic rings. The summed E-state index contributed by atoms with van der Waals surface area (Å²) in [6.07, 6.45) is 8.10. The van der Waals surface area contributed by atoms with Gasteiger partial charge in [-0.3, -0.25) is 28.7 Å². The maximum atomic E-state index is 14.3. The van der Waals surface area contributed by atoms with Gasteiger partial charge in [-0.15, -0.1) is 0 Å². The van der Waals surface area contributed by atoms with Crippen LogP contribution in [0.5, 0.6) is 0 Å². The van der Waals surface area contributed by atoms with Crippen LogP contribution in [0.4, 0.5) is 5.82 Å². The van der Waals surface area contributed by atoms with Gasteiger partial charge in [0.2, 0.25) is 11.8 Å². The number of piperidine rings is 1. The van der Waals surface area contributed by atoms with Crippen molar-refractivity contribution in [2.45, 2.75) is 65.4 Å². The Morgan fingerprint density at radius 2 is 2.02 bits per heavy atom. The molecule has 3 aliphatic rings. The van der Waals surface area contributed by atoms with Gasteiger partial charge in [-0.1, -0.05) is 12.6 Å². The van der Waals surface area contributed by atoms with Crippen LogP contribution in [0.25, 0.3) is 22.0 Å². The summed E-state index contributed by atoms with van der Waals surface area (Å²) < 4.78 is 9.85. The summed E-state index contributed by atoms with van der Waals surface area (Å²) in [5.41, 5.74) is 4.09. The largest absolute Gasteiger partial charge is 0.372 e. The predicted octanol–water partition coefficient (Wildman–Crippen LogP) is 4.71. The van der Waals surface area contributed by atoms with E-state index >= 15 is 0 Å². The van der Waals surface area contributed by atoms with Gasteiger partial charge >= 0.3 is 0 Å². The topological polar surface area (TPSA) is 162 Å². The molecule has 2 aliphatic heterocycles.